The Morgan fingerprint density at radius 3 is 2.34 bits per heavy atom. The molecule has 0 radical (unpaired) electrons. The van der Waals surface area contributed by atoms with Crippen LogP contribution in [-0.4, -0.2) is 41.5 Å². The summed E-state index contributed by atoms with van der Waals surface area (Å²) in [5.41, 5.74) is -0.267. The quantitative estimate of drug-likeness (QED) is 0.390. The Bertz CT molecular complexity index is 801. The Balaban J connectivity index is 1.46. The van der Waals surface area contributed by atoms with Crippen molar-refractivity contribution in [2.24, 2.45) is 23.2 Å². The van der Waals surface area contributed by atoms with E-state index in [1.54, 1.807) is 0 Å². The van der Waals surface area contributed by atoms with Crippen LogP contribution in [0.15, 0.2) is 18.2 Å². The summed E-state index contributed by atoms with van der Waals surface area (Å²) in [6.07, 6.45) is 6.36. The molecule has 0 aliphatic heterocycles. The number of non-ortho nitro benzene ring substituents is 1. The number of carbonyl (C=O) groups excluding carboxylic acids is 2. The van der Waals surface area contributed by atoms with Crippen molar-refractivity contribution in [3.05, 3.63) is 33.9 Å². The van der Waals surface area contributed by atoms with Crippen molar-refractivity contribution in [3.8, 4) is 0 Å². The highest BCUT2D eigenvalue weighted by molar-refractivity contribution is 5.98. The Kier molecular flexibility index (Phi) is 5.29. The number of Topliss-reactive ketones (excluding diaryl/α,β-unsaturated/α-hetero) is 1. The molecule has 8 heteroatoms. The molecule has 4 fully saturated rings. The molecule has 4 aliphatic carbocycles. The van der Waals surface area contributed by atoms with Gasteiger partial charge < -0.3 is 15.2 Å². The minimum Gasteiger partial charge on any atom is -0.454 e. The fourth-order valence-corrected chi connectivity index (χ4v) is 5.97. The number of esters is 1. The molecule has 29 heavy (non-hydrogen) atoms. The lowest BCUT2D eigenvalue weighted by Crippen LogP contribution is -2.51. The number of anilines is 1. The second-order valence-electron chi connectivity index (χ2n) is 8.83. The van der Waals surface area contributed by atoms with Gasteiger partial charge in [-0.05, 0) is 62.3 Å². The number of ketones is 1. The summed E-state index contributed by atoms with van der Waals surface area (Å²) in [7, 11) is 0. The van der Waals surface area contributed by atoms with E-state index in [-0.39, 0.29) is 42.2 Å². The van der Waals surface area contributed by atoms with Crippen LogP contribution in [0, 0.1) is 33.3 Å². The lowest BCUT2D eigenvalue weighted by Gasteiger charge is -2.55. The maximum Gasteiger partial charge on any atom is 0.340 e. The number of ether oxygens (including phenoxy) is 1. The third kappa shape index (κ3) is 3.85. The van der Waals surface area contributed by atoms with E-state index in [9.17, 15) is 19.7 Å². The molecule has 8 nitrogen and oxygen atoms in total. The summed E-state index contributed by atoms with van der Waals surface area (Å²) >= 11 is 0. The van der Waals surface area contributed by atoms with E-state index in [1.165, 1.54) is 31.4 Å². The second kappa shape index (κ2) is 7.74. The van der Waals surface area contributed by atoms with E-state index < -0.39 is 10.9 Å². The molecule has 1 aromatic carbocycles. The zero-order chi connectivity index (χ0) is 20.6. The van der Waals surface area contributed by atoms with E-state index in [1.807, 2.05) is 0 Å². The summed E-state index contributed by atoms with van der Waals surface area (Å²) in [6.45, 7) is -0.270. The van der Waals surface area contributed by atoms with Crippen molar-refractivity contribution < 1.29 is 24.4 Å². The van der Waals surface area contributed by atoms with Gasteiger partial charge in [0, 0.05) is 29.8 Å². The summed E-state index contributed by atoms with van der Waals surface area (Å²) in [6, 6.07) is 3.82. The summed E-state index contributed by atoms with van der Waals surface area (Å²) in [4.78, 5) is 36.1. The van der Waals surface area contributed by atoms with Gasteiger partial charge in [0.15, 0.2) is 12.4 Å². The number of benzene rings is 1. The summed E-state index contributed by atoms with van der Waals surface area (Å²) in [5.74, 6) is 1.07. The van der Waals surface area contributed by atoms with Gasteiger partial charge in [-0.1, -0.05) is 0 Å². The number of nitro benzene ring substituents is 1. The predicted octanol–water partition coefficient (Wildman–Crippen LogP) is 2.94. The fraction of sp³-hybridized carbons (Fsp3) is 0.619. The van der Waals surface area contributed by atoms with Crippen LogP contribution >= 0.6 is 0 Å². The molecule has 0 unspecified atom stereocenters. The van der Waals surface area contributed by atoms with Crippen LogP contribution in [0.3, 0.4) is 0 Å². The average Bonchev–Trinajstić information content (AvgIpc) is 2.69. The number of hydrogen-bond donors (Lipinski definition) is 2. The molecule has 0 spiro atoms. The molecule has 0 aromatic heterocycles. The molecule has 0 atom stereocenters. The Hall–Kier alpha value is -2.48. The van der Waals surface area contributed by atoms with Crippen molar-refractivity contribution in [1.82, 2.24) is 0 Å². The number of aliphatic hydroxyl groups excluding tert-OH is 1. The van der Waals surface area contributed by atoms with Gasteiger partial charge in [-0.2, -0.15) is 0 Å². The van der Waals surface area contributed by atoms with Gasteiger partial charge in [-0.15, -0.1) is 0 Å². The van der Waals surface area contributed by atoms with Gasteiger partial charge in [0.05, 0.1) is 17.1 Å². The van der Waals surface area contributed by atoms with Crippen LogP contribution in [0.4, 0.5) is 11.4 Å². The van der Waals surface area contributed by atoms with Crippen molar-refractivity contribution in [1.29, 1.82) is 0 Å². The van der Waals surface area contributed by atoms with E-state index in [0.717, 1.165) is 25.3 Å². The molecule has 1 aromatic rings. The zero-order valence-corrected chi connectivity index (χ0v) is 16.3. The molecule has 0 heterocycles. The second-order valence-corrected chi connectivity index (χ2v) is 8.83. The third-order valence-corrected chi connectivity index (χ3v) is 6.83. The van der Waals surface area contributed by atoms with Gasteiger partial charge in [-0.25, -0.2) is 4.79 Å². The number of hydrogen-bond acceptors (Lipinski definition) is 7. The lowest BCUT2D eigenvalue weighted by molar-refractivity contribution is -0.384. The molecule has 2 N–H and O–H groups in total. The topological polar surface area (TPSA) is 119 Å². The molecule has 4 aliphatic rings. The van der Waals surface area contributed by atoms with Crippen LogP contribution in [0.25, 0.3) is 0 Å². The molecule has 4 saturated carbocycles. The van der Waals surface area contributed by atoms with Crippen LogP contribution in [0.1, 0.15) is 48.9 Å². The molecular weight excluding hydrogens is 376 g/mol. The molecule has 0 saturated heterocycles. The molecule has 156 valence electrons. The monoisotopic (exact) mass is 402 g/mol. The van der Waals surface area contributed by atoms with Crippen molar-refractivity contribution >= 4 is 23.1 Å². The van der Waals surface area contributed by atoms with Crippen molar-refractivity contribution in [2.75, 3.05) is 25.1 Å². The molecular formula is C21H26N2O6. The molecule has 0 amide bonds. The minimum atomic E-state index is -0.771. The summed E-state index contributed by atoms with van der Waals surface area (Å²) < 4.78 is 5.32. The Labute approximate surface area is 168 Å². The largest absolute Gasteiger partial charge is 0.454 e. The highest BCUT2D eigenvalue weighted by Gasteiger charge is 2.54. The average molecular weight is 402 g/mol. The van der Waals surface area contributed by atoms with Gasteiger partial charge >= 0.3 is 5.97 Å². The fourth-order valence-electron chi connectivity index (χ4n) is 5.97. The standard InChI is InChI=1S/C21H26N2O6/c24-4-3-22-18-2-1-16(23(27)28)8-17(18)20(26)29-12-19(25)21-9-13-5-14(10-21)7-15(6-13)11-21/h1-2,8,13-15,22,24H,3-7,9-12H2. The number of aliphatic hydroxyl groups is 1. The van der Waals surface area contributed by atoms with E-state index in [4.69, 9.17) is 9.84 Å². The lowest BCUT2D eigenvalue weighted by atomic mass is 9.48. The number of rotatable bonds is 8. The SMILES string of the molecule is O=C(OCC(=O)C12CC3CC(CC(C3)C1)C2)c1cc([N+](=O)[O-])ccc1NCCO. The van der Waals surface area contributed by atoms with E-state index in [0.29, 0.717) is 23.4 Å². The van der Waals surface area contributed by atoms with Crippen molar-refractivity contribution in [2.45, 2.75) is 38.5 Å². The van der Waals surface area contributed by atoms with Crippen LogP contribution in [0.2, 0.25) is 0 Å². The first-order chi connectivity index (χ1) is 13.9. The van der Waals surface area contributed by atoms with Gasteiger partial charge in [0.2, 0.25) is 0 Å². The highest BCUT2D eigenvalue weighted by atomic mass is 16.6. The molecule has 5 rings (SSSR count). The summed E-state index contributed by atoms with van der Waals surface area (Å²) in [5, 5.41) is 22.9. The van der Waals surface area contributed by atoms with Gasteiger partial charge in [0.1, 0.15) is 0 Å². The third-order valence-electron chi connectivity index (χ3n) is 6.83. The Morgan fingerprint density at radius 2 is 1.79 bits per heavy atom. The number of carbonyl (C=O) groups is 2. The van der Waals surface area contributed by atoms with Crippen LogP contribution in [0.5, 0.6) is 0 Å². The van der Waals surface area contributed by atoms with E-state index >= 15 is 0 Å². The maximum absolute atomic E-state index is 13.0. The van der Waals surface area contributed by atoms with Gasteiger partial charge in [-0.3, -0.25) is 14.9 Å². The first-order valence-electron chi connectivity index (χ1n) is 10.2. The smallest absolute Gasteiger partial charge is 0.340 e. The van der Waals surface area contributed by atoms with E-state index in [2.05, 4.69) is 5.32 Å². The zero-order valence-electron chi connectivity index (χ0n) is 16.3. The number of nitro groups is 1. The van der Waals surface area contributed by atoms with Gasteiger partial charge in [0.25, 0.3) is 5.69 Å². The van der Waals surface area contributed by atoms with Crippen LogP contribution < -0.4 is 5.32 Å². The predicted molar refractivity (Wildman–Crippen MR) is 105 cm³/mol. The normalized spacial score (nSPS) is 29.5. The Morgan fingerprint density at radius 1 is 1.17 bits per heavy atom. The maximum atomic E-state index is 13.0. The van der Waals surface area contributed by atoms with Crippen molar-refractivity contribution in [3.63, 3.8) is 0 Å². The molecule has 4 bridgehead atoms. The number of nitrogens with zero attached hydrogens (tertiary/aromatic N) is 1. The minimum absolute atomic E-state index is 0.00837. The van der Waals surface area contributed by atoms with Crippen LogP contribution in [-0.2, 0) is 9.53 Å². The first kappa shape index (κ1) is 19.8. The first-order valence-corrected chi connectivity index (χ1v) is 10.2. The highest BCUT2D eigenvalue weighted by Crippen LogP contribution is 2.60. The number of nitrogens with one attached hydrogen (secondary N) is 1.